The number of rotatable bonds is 6. The predicted molar refractivity (Wildman–Crippen MR) is 113 cm³/mol. The second-order valence-electron chi connectivity index (χ2n) is 7.46. The van der Waals surface area contributed by atoms with Crippen LogP contribution in [0.4, 0.5) is 5.69 Å². The molecule has 1 unspecified atom stereocenters. The Balaban J connectivity index is 1.26. The van der Waals surface area contributed by atoms with Crippen molar-refractivity contribution in [2.75, 3.05) is 31.1 Å². The van der Waals surface area contributed by atoms with E-state index in [1.807, 2.05) is 36.4 Å². The number of halogens is 1. The summed E-state index contributed by atoms with van der Waals surface area (Å²) in [6, 6.07) is 14.2. The van der Waals surface area contributed by atoms with Crippen LogP contribution in [0, 0.1) is 0 Å². The number of hydrogen-bond acceptors (Lipinski definition) is 4. The van der Waals surface area contributed by atoms with Gasteiger partial charge in [0.2, 0.25) is 0 Å². The molecule has 0 radical (unpaired) electrons. The maximum Gasteiger partial charge on any atom is 0.350 e. The smallest absolute Gasteiger partial charge is 0.350 e. The Morgan fingerprint density at radius 2 is 1.96 bits per heavy atom. The van der Waals surface area contributed by atoms with Gasteiger partial charge in [-0.25, -0.2) is 9.48 Å². The highest BCUT2D eigenvalue weighted by Crippen LogP contribution is 2.23. The molecule has 1 atom stereocenters. The van der Waals surface area contributed by atoms with Crippen molar-refractivity contribution in [3.63, 3.8) is 0 Å². The molecule has 148 valence electrons. The van der Waals surface area contributed by atoms with E-state index >= 15 is 0 Å². The molecule has 4 rings (SSSR count). The summed E-state index contributed by atoms with van der Waals surface area (Å²) in [6.07, 6.45) is 3.78. The number of anilines is 1. The number of piperazine rings is 1. The molecule has 0 bridgehead atoms. The molecule has 0 N–H and O–H groups in total. The van der Waals surface area contributed by atoms with Crippen LogP contribution in [0.5, 0.6) is 0 Å². The first kappa shape index (κ1) is 19.0. The average Bonchev–Trinajstić information content (AvgIpc) is 3.01. The zero-order valence-corrected chi connectivity index (χ0v) is 16.9. The minimum absolute atomic E-state index is 0.0561. The van der Waals surface area contributed by atoms with Crippen LogP contribution in [0.1, 0.15) is 19.8 Å². The number of aromatic nitrogens is 3. The molecular weight excluding hydrogens is 374 g/mol. The van der Waals surface area contributed by atoms with Crippen molar-refractivity contribution in [2.24, 2.45) is 0 Å². The minimum atomic E-state index is -0.0561. The van der Waals surface area contributed by atoms with E-state index < -0.39 is 0 Å². The summed E-state index contributed by atoms with van der Waals surface area (Å²) in [4.78, 5) is 17.2. The average molecular weight is 400 g/mol. The lowest BCUT2D eigenvalue weighted by Gasteiger charge is -2.41. The first-order valence-electron chi connectivity index (χ1n) is 9.90. The lowest BCUT2D eigenvalue weighted by molar-refractivity contribution is 0.223. The molecule has 28 heavy (non-hydrogen) atoms. The summed E-state index contributed by atoms with van der Waals surface area (Å²) < 4.78 is 3.17. The van der Waals surface area contributed by atoms with Crippen molar-refractivity contribution in [1.29, 1.82) is 0 Å². The minimum Gasteiger partial charge on any atom is -0.366 e. The van der Waals surface area contributed by atoms with Crippen LogP contribution in [0.25, 0.3) is 5.65 Å². The third-order valence-corrected chi connectivity index (χ3v) is 5.67. The highest BCUT2D eigenvalue weighted by atomic mass is 35.5. The van der Waals surface area contributed by atoms with Gasteiger partial charge in [-0.1, -0.05) is 23.7 Å². The fourth-order valence-electron chi connectivity index (χ4n) is 3.99. The van der Waals surface area contributed by atoms with Gasteiger partial charge in [0.25, 0.3) is 0 Å². The van der Waals surface area contributed by atoms with Gasteiger partial charge >= 0.3 is 5.69 Å². The van der Waals surface area contributed by atoms with Gasteiger partial charge in [0.05, 0.1) is 0 Å². The molecule has 0 amide bonds. The zero-order valence-electron chi connectivity index (χ0n) is 16.2. The zero-order chi connectivity index (χ0) is 19.5. The number of aryl methyl sites for hydroxylation is 1. The van der Waals surface area contributed by atoms with Crippen LogP contribution in [0.3, 0.4) is 0 Å². The van der Waals surface area contributed by atoms with E-state index in [9.17, 15) is 4.79 Å². The molecule has 1 saturated heterocycles. The normalized spacial score (nSPS) is 18.1. The second-order valence-corrected chi connectivity index (χ2v) is 7.90. The van der Waals surface area contributed by atoms with Crippen LogP contribution in [-0.4, -0.2) is 51.3 Å². The van der Waals surface area contributed by atoms with E-state index in [0.717, 1.165) is 44.0 Å². The maximum absolute atomic E-state index is 12.3. The van der Waals surface area contributed by atoms with Crippen molar-refractivity contribution in [2.45, 2.75) is 32.4 Å². The Kier molecular flexibility index (Phi) is 5.69. The Bertz CT molecular complexity index is 998. The molecule has 1 aliphatic heterocycles. The summed E-state index contributed by atoms with van der Waals surface area (Å²) in [5, 5.41) is 5.18. The molecule has 0 saturated carbocycles. The fourth-order valence-corrected chi connectivity index (χ4v) is 4.17. The van der Waals surface area contributed by atoms with Crippen molar-refractivity contribution in [3.05, 3.63) is 64.2 Å². The monoisotopic (exact) mass is 399 g/mol. The molecule has 1 fully saturated rings. The van der Waals surface area contributed by atoms with Crippen LogP contribution < -0.4 is 10.6 Å². The van der Waals surface area contributed by atoms with Gasteiger partial charge in [-0.2, -0.15) is 0 Å². The van der Waals surface area contributed by atoms with Gasteiger partial charge in [0, 0.05) is 49.1 Å². The highest BCUT2D eigenvalue weighted by molar-refractivity contribution is 6.30. The van der Waals surface area contributed by atoms with E-state index in [1.54, 1.807) is 15.3 Å². The molecule has 3 heterocycles. The molecular formula is C21H26ClN5O. The molecule has 1 aromatic carbocycles. The van der Waals surface area contributed by atoms with E-state index in [2.05, 4.69) is 27.9 Å². The molecule has 3 aromatic rings. The largest absolute Gasteiger partial charge is 0.366 e. The van der Waals surface area contributed by atoms with Crippen molar-refractivity contribution >= 4 is 22.9 Å². The Morgan fingerprint density at radius 1 is 1.11 bits per heavy atom. The van der Waals surface area contributed by atoms with Crippen LogP contribution in [0.15, 0.2) is 53.5 Å². The topological polar surface area (TPSA) is 45.8 Å². The standard InChI is InChI=1S/C21H26ClN5O/c1-17-16-24(13-14-25(17)19-8-6-7-18(22)15-19)10-4-5-12-27-21(28)26-11-3-2-9-20(26)23-27/h2-3,6-9,11,15,17H,4-5,10,12-14,16H2,1H3. The number of benzene rings is 1. The van der Waals surface area contributed by atoms with Gasteiger partial charge in [-0.3, -0.25) is 9.30 Å². The highest BCUT2D eigenvalue weighted by Gasteiger charge is 2.23. The fraction of sp³-hybridized carbons (Fsp3) is 0.429. The van der Waals surface area contributed by atoms with Crippen molar-refractivity contribution in [3.8, 4) is 0 Å². The second kappa shape index (κ2) is 8.37. The SMILES string of the molecule is CC1CN(CCCCn2nc3ccccn3c2=O)CCN1c1cccc(Cl)c1. The number of fused-ring (bicyclic) bond motifs is 1. The molecule has 2 aromatic heterocycles. The molecule has 0 spiro atoms. The molecule has 7 heteroatoms. The molecule has 1 aliphatic rings. The maximum atomic E-state index is 12.3. The molecule has 0 aliphatic carbocycles. The summed E-state index contributed by atoms with van der Waals surface area (Å²) in [7, 11) is 0. The van der Waals surface area contributed by atoms with Crippen molar-refractivity contribution < 1.29 is 0 Å². The van der Waals surface area contributed by atoms with Gasteiger partial charge in [0.1, 0.15) is 0 Å². The van der Waals surface area contributed by atoms with Crippen LogP contribution in [0.2, 0.25) is 5.02 Å². The summed E-state index contributed by atoms with van der Waals surface area (Å²) in [5.74, 6) is 0. The van der Waals surface area contributed by atoms with E-state index in [0.29, 0.717) is 18.2 Å². The van der Waals surface area contributed by atoms with E-state index in [4.69, 9.17) is 11.6 Å². The van der Waals surface area contributed by atoms with E-state index in [1.165, 1.54) is 5.69 Å². The quantitative estimate of drug-likeness (QED) is 0.597. The lowest BCUT2D eigenvalue weighted by Crippen LogP contribution is -2.52. The lowest BCUT2D eigenvalue weighted by atomic mass is 10.1. The predicted octanol–water partition coefficient (Wildman–Crippen LogP) is 3.14. The number of nitrogens with zero attached hydrogens (tertiary/aromatic N) is 5. The van der Waals surface area contributed by atoms with Crippen LogP contribution >= 0.6 is 11.6 Å². The van der Waals surface area contributed by atoms with Crippen molar-refractivity contribution in [1.82, 2.24) is 19.1 Å². The van der Waals surface area contributed by atoms with Gasteiger partial charge in [0.15, 0.2) is 5.65 Å². The van der Waals surface area contributed by atoms with Crippen LogP contribution in [-0.2, 0) is 6.54 Å². The summed E-state index contributed by atoms with van der Waals surface area (Å²) in [6.45, 7) is 7.08. The number of hydrogen-bond donors (Lipinski definition) is 0. The van der Waals surface area contributed by atoms with Gasteiger partial charge in [-0.15, -0.1) is 5.10 Å². The summed E-state index contributed by atoms with van der Waals surface area (Å²) >= 11 is 6.14. The molecule has 6 nitrogen and oxygen atoms in total. The first-order valence-corrected chi connectivity index (χ1v) is 10.3. The Labute approximate surface area is 169 Å². The Morgan fingerprint density at radius 3 is 2.75 bits per heavy atom. The third kappa shape index (κ3) is 4.08. The van der Waals surface area contributed by atoms with Gasteiger partial charge in [-0.05, 0) is 56.6 Å². The number of unbranched alkanes of at least 4 members (excludes halogenated alkanes) is 1. The Hall–Kier alpha value is -2.31. The van der Waals surface area contributed by atoms with E-state index in [-0.39, 0.29) is 5.69 Å². The third-order valence-electron chi connectivity index (χ3n) is 5.43. The number of pyridine rings is 1. The van der Waals surface area contributed by atoms with Gasteiger partial charge < -0.3 is 4.90 Å². The first-order chi connectivity index (χ1) is 13.6. The summed E-state index contributed by atoms with van der Waals surface area (Å²) in [5.41, 5.74) is 1.85.